The van der Waals surface area contributed by atoms with E-state index in [4.69, 9.17) is 4.74 Å². The molecule has 3 rings (SSSR count). The first-order valence-electron chi connectivity index (χ1n) is 6.93. The van der Waals surface area contributed by atoms with Crippen LogP contribution in [0.1, 0.15) is 23.1 Å². The molecule has 0 saturated carbocycles. The molecule has 3 aromatic rings. The number of carbonyl (C=O) groups excluding carboxylic acids is 1. The third-order valence-electron chi connectivity index (χ3n) is 3.25. The normalized spacial score (nSPS) is 10.9. The van der Waals surface area contributed by atoms with Crippen LogP contribution in [0.5, 0.6) is 5.75 Å². The Morgan fingerprint density at radius 3 is 2.95 bits per heavy atom. The van der Waals surface area contributed by atoms with E-state index < -0.39 is 0 Å². The monoisotopic (exact) mass is 316 g/mol. The molecule has 2 heterocycles. The van der Waals surface area contributed by atoms with Crippen molar-refractivity contribution < 1.29 is 9.53 Å². The topological polar surface area (TPSA) is 69.0 Å². The molecule has 0 radical (unpaired) electrons. The standard InChI is InChI=1S/C15H16N4O2S/c1-4-21-11-6-5-7-12-13(11)16-15(22-12)17-14(20)10-8-9(2)19(3)18-10/h5-8H,4H2,1-3H3,(H,16,17,20). The van der Waals surface area contributed by atoms with Gasteiger partial charge in [0.2, 0.25) is 0 Å². The maximum Gasteiger partial charge on any atom is 0.277 e. The molecule has 0 aliphatic heterocycles. The van der Waals surface area contributed by atoms with E-state index in [0.717, 1.165) is 21.7 Å². The summed E-state index contributed by atoms with van der Waals surface area (Å²) >= 11 is 1.41. The average Bonchev–Trinajstić information content (AvgIpc) is 3.04. The van der Waals surface area contributed by atoms with Gasteiger partial charge < -0.3 is 4.74 Å². The SMILES string of the molecule is CCOc1cccc2sc(NC(=O)c3cc(C)n(C)n3)nc12. The first-order chi connectivity index (χ1) is 10.6. The highest BCUT2D eigenvalue weighted by Gasteiger charge is 2.15. The maximum absolute atomic E-state index is 12.2. The number of carbonyl (C=O) groups is 1. The molecule has 0 unspecified atom stereocenters. The van der Waals surface area contributed by atoms with Crippen molar-refractivity contribution in [2.45, 2.75) is 13.8 Å². The summed E-state index contributed by atoms with van der Waals surface area (Å²) in [4.78, 5) is 16.7. The Hall–Kier alpha value is -2.41. The van der Waals surface area contributed by atoms with E-state index in [1.165, 1.54) is 11.3 Å². The molecule has 0 bridgehead atoms. The van der Waals surface area contributed by atoms with Crippen molar-refractivity contribution in [3.63, 3.8) is 0 Å². The van der Waals surface area contributed by atoms with Crippen LogP contribution in [-0.2, 0) is 7.05 Å². The van der Waals surface area contributed by atoms with Crippen LogP contribution in [-0.4, -0.2) is 27.3 Å². The van der Waals surface area contributed by atoms with Gasteiger partial charge in [-0.2, -0.15) is 5.10 Å². The van der Waals surface area contributed by atoms with E-state index in [0.29, 0.717) is 17.4 Å². The van der Waals surface area contributed by atoms with Crippen LogP contribution in [0, 0.1) is 6.92 Å². The molecule has 0 aliphatic carbocycles. The lowest BCUT2D eigenvalue weighted by atomic mass is 10.3. The number of hydrogen-bond donors (Lipinski definition) is 1. The molecule has 0 fully saturated rings. The number of ether oxygens (including phenoxy) is 1. The lowest BCUT2D eigenvalue weighted by Gasteiger charge is -2.02. The van der Waals surface area contributed by atoms with E-state index in [1.54, 1.807) is 17.8 Å². The van der Waals surface area contributed by atoms with Crippen LogP contribution in [0.4, 0.5) is 5.13 Å². The van der Waals surface area contributed by atoms with Crippen molar-refractivity contribution >= 4 is 32.6 Å². The van der Waals surface area contributed by atoms with Crippen molar-refractivity contribution in [2.24, 2.45) is 7.05 Å². The largest absolute Gasteiger partial charge is 0.492 e. The van der Waals surface area contributed by atoms with Gasteiger partial charge in [-0.1, -0.05) is 17.4 Å². The zero-order valence-corrected chi connectivity index (χ0v) is 13.4. The number of nitrogens with one attached hydrogen (secondary N) is 1. The average molecular weight is 316 g/mol. The maximum atomic E-state index is 12.2. The predicted molar refractivity (Wildman–Crippen MR) is 86.7 cm³/mol. The number of fused-ring (bicyclic) bond motifs is 1. The van der Waals surface area contributed by atoms with Crippen LogP contribution in [0.25, 0.3) is 10.2 Å². The molecule has 22 heavy (non-hydrogen) atoms. The molecule has 1 N–H and O–H groups in total. The summed E-state index contributed by atoms with van der Waals surface area (Å²) in [6.45, 7) is 4.40. The van der Waals surface area contributed by atoms with Gasteiger partial charge >= 0.3 is 0 Å². The van der Waals surface area contributed by atoms with Crippen LogP contribution in [0.15, 0.2) is 24.3 Å². The van der Waals surface area contributed by atoms with Gasteiger partial charge in [0.05, 0.1) is 11.3 Å². The zero-order valence-electron chi connectivity index (χ0n) is 12.6. The zero-order chi connectivity index (χ0) is 15.7. The van der Waals surface area contributed by atoms with Gasteiger partial charge in [0.15, 0.2) is 10.8 Å². The quantitative estimate of drug-likeness (QED) is 0.803. The van der Waals surface area contributed by atoms with Crippen molar-refractivity contribution in [1.82, 2.24) is 14.8 Å². The summed E-state index contributed by atoms with van der Waals surface area (Å²) in [6.07, 6.45) is 0. The fraction of sp³-hybridized carbons (Fsp3) is 0.267. The van der Waals surface area contributed by atoms with Crippen LogP contribution >= 0.6 is 11.3 Å². The summed E-state index contributed by atoms with van der Waals surface area (Å²) < 4.78 is 8.19. The number of nitrogens with zero attached hydrogens (tertiary/aromatic N) is 3. The molecule has 0 saturated heterocycles. The highest BCUT2D eigenvalue weighted by molar-refractivity contribution is 7.22. The first-order valence-corrected chi connectivity index (χ1v) is 7.74. The second-order valence-electron chi connectivity index (χ2n) is 4.80. The minimum Gasteiger partial charge on any atom is -0.492 e. The molecule has 2 aromatic heterocycles. The fourth-order valence-corrected chi connectivity index (χ4v) is 2.96. The minimum absolute atomic E-state index is 0.263. The third-order valence-corrected chi connectivity index (χ3v) is 4.18. The summed E-state index contributed by atoms with van der Waals surface area (Å²) in [5, 5.41) is 7.50. The summed E-state index contributed by atoms with van der Waals surface area (Å²) in [6, 6.07) is 7.49. The number of para-hydroxylation sites is 1. The molecular formula is C15H16N4O2S. The number of rotatable bonds is 4. The molecule has 0 aliphatic rings. The smallest absolute Gasteiger partial charge is 0.277 e. The second kappa shape index (κ2) is 5.76. The summed E-state index contributed by atoms with van der Waals surface area (Å²) in [7, 11) is 1.80. The molecule has 6 nitrogen and oxygen atoms in total. The number of anilines is 1. The molecule has 1 aromatic carbocycles. The highest BCUT2D eigenvalue weighted by Crippen LogP contribution is 2.32. The Labute approximate surface area is 131 Å². The van der Waals surface area contributed by atoms with E-state index >= 15 is 0 Å². The summed E-state index contributed by atoms with van der Waals surface area (Å²) in [5.41, 5.74) is 2.07. The summed E-state index contributed by atoms with van der Waals surface area (Å²) in [5.74, 6) is 0.464. The molecule has 0 atom stereocenters. The van der Waals surface area contributed by atoms with Gasteiger partial charge in [-0.3, -0.25) is 14.8 Å². The second-order valence-corrected chi connectivity index (χ2v) is 5.83. The number of aryl methyl sites for hydroxylation is 2. The third kappa shape index (κ3) is 2.67. The number of hydrogen-bond acceptors (Lipinski definition) is 5. The van der Waals surface area contributed by atoms with E-state index in [-0.39, 0.29) is 5.91 Å². The Balaban J connectivity index is 1.87. The predicted octanol–water partition coefficient (Wildman–Crippen LogP) is 2.99. The van der Waals surface area contributed by atoms with Gasteiger partial charge in [0.1, 0.15) is 11.3 Å². The minimum atomic E-state index is -0.263. The lowest BCUT2D eigenvalue weighted by Crippen LogP contribution is -2.12. The first kappa shape index (κ1) is 14.5. The van der Waals surface area contributed by atoms with Crippen molar-refractivity contribution in [1.29, 1.82) is 0 Å². The van der Waals surface area contributed by atoms with Crippen molar-refractivity contribution in [3.05, 3.63) is 35.7 Å². The Kier molecular flexibility index (Phi) is 3.81. The highest BCUT2D eigenvalue weighted by atomic mass is 32.1. The molecular weight excluding hydrogens is 300 g/mol. The lowest BCUT2D eigenvalue weighted by molar-refractivity contribution is 0.102. The van der Waals surface area contributed by atoms with Gasteiger partial charge in [-0.05, 0) is 32.0 Å². The van der Waals surface area contributed by atoms with Crippen molar-refractivity contribution in [2.75, 3.05) is 11.9 Å². The molecule has 1 amide bonds. The van der Waals surface area contributed by atoms with E-state index in [1.807, 2.05) is 32.0 Å². The van der Waals surface area contributed by atoms with Crippen LogP contribution < -0.4 is 10.1 Å². The fourth-order valence-electron chi connectivity index (χ4n) is 2.08. The van der Waals surface area contributed by atoms with Crippen molar-refractivity contribution in [3.8, 4) is 5.75 Å². The van der Waals surface area contributed by atoms with Gasteiger partial charge in [-0.15, -0.1) is 0 Å². The molecule has 7 heteroatoms. The van der Waals surface area contributed by atoms with Gasteiger partial charge in [-0.25, -0.2) is 4.98 Å². The number of benzene rings is 1. The number of amides is 1. The van der Waals surface area contributed by atoms with E-state index in [9.17, 15) is 4.79 Å². The Bertz CT molecular complexity index is 818. The van der Waals surface area contributed by atoms with E-state index in [2.05, 4.69) is 15.4 Å². The molecule has 0 spiro atoms. The van der Waals surface area contributed by atoms with Gasteiger partial charge in [0, 0.05) is 12.7 Å². The van der Waals surface area contributed by atoms with Gasteiger partial charge in [0.25, 0.3) is 5.91 Å². The van der Waals surface area contributed by atoms with Crippen LogP contribution in [0.3, 0.4) is 0 Å². The van der Waals surface area contributed by atoms with Crippen LogP contribution in [0.2, 0.25) is 0 Å². The number of thiazole rings is 1. The molecule has 114 valence electrons. The number of aromatic nitrogens is 3. The Morgan fingerprint density at radius 2 is 2.27 bits per heavy atom. The Morgan fingerprint density at radius 1 is 1.45 bits per heavy atom.